The molecule has 0 saturated heterocycles. The highest BCUT2D eigenvalue weighted by Gasteiger charge is 2.12. The van der Waals surface area contributed by atoms with Gasteiger partial charge in [0.15, 0.2) is 0 Å². The first-order valence-electron chi connectivity index (χ1n) is 8.79. The summed E-state index contributed by atoms with van der Waals surface area (Å²) in [6.07, 6.45) is 0. The molecule has 0 aliphatic rings. The first kappa shape index (κ1) is 20.7. The zero-order valence-electron chi connectivity index (χ0n) is 15.0. The van der Waals surface area contributed by atoms with E-state index in [-0.39, 0.29) is 0 Å². The zero-order chi connectivity index (χ0) is 20.4. The van der Waals surface area contributed by atoms with Crippen LogP contribution in [0.1, 0.15) is 0 Å². The highest BCUT2D eigenvalue weighted by atomic mass is 35.5. The lowest BCUT2D eigenvalue weighted by molar-refractivity contribution is 1.39. The number of hydrogen-bond acceptors (Lipinski definition) is 1. The van der Waals surface area contributed by atoms with E-state index < -0.39 is 0 Å². The molecule has 0 amide bonds. The smallest absolute Gasteiger partial charge is 0.0598 e. The first-order chi connectivity index (χ1) is 14.0. The Morgan fingerprint density at radius 1 is 0.448 bits per heavy atom. The molecule has 0 radical (unpaired) electrons. The molecule has 0 heterocycles. The van der Waals surface area contributed by atoms with Crippen LogP contribution in [-0.4, -0.2) is 0 Å². The Hall–Kier alpha value is -1.61. The minimum Gasteiger partial charge on any atom is -0.0888 e. The standard InChI is InChI=1S/C24H14Cl4S/c25-19-11-9-15(13-21(19)27)17-5-1-3-7-23(17)29-24-8-4-2-6-18(24)16-10-12-20(26)22(28)14-16/h1-14H. The maximum Gasteiger partial charge on any atom is 0.0598 e. The zero-order valence-corrected chi connectivity index (χ0v) is 18.8. The van der Waals surface area contributed by atoms with Gasteiger partial charge in [0.05, 0.1) is 20.1 Å². The maximum atomic E-state index is 6.25. The van der Waals surface area contributed by atoms with E-state index in [1.165, 1.54) is 0 Å². The number of rotatable bonds is 4. The van der Waals surface area contributed by atoms with Crippen LogP contribution in [0, 0.1) is 0 Å². The molecule has 4 rings (SSSR count). The van der Waals surface area contributed by atoms with Gasteiger partial charge in [-0.15, -0.1) is 0 Å². The van der Waals surface area contributed by atoms with E-state index in [9.17, 15) is 0 Å². The summed E-state index contributed by atoms with van der Waals surface area (Å²) in [5.41, 5.74) is 4.24. The second-order valence-corrected chi connectivity index (χ2v) is 9.06. The molecule has 0 atom stereocenters. The SMILES string of the molecule is Clc1ccc(-c2ccccc2Sc2ccccc2-c2ccc(Cl)c(Cl)c2)cc1Cl. The third-order valence-electron chi connectivity index (χ3n) is 4.46. The van der Waals surface area contributed by atoms with E-state index >= 15 is 0 Å². The second kappa shape index (κ2) is 9.04. The topological polar surface area (TPSA) is 0 Å². The van der Waals surface area contributed by atoms with Crippen molar-refractivity contribution < 1.29 is 0 Å². The average Bonchev–Trinajstić information content (AvgIpc) is 2.73. The Morgan fingerprint density at radius 2 is 0.862 bits per heavy atom. The van der Waals surface area contributed by atoms with Crippen molar-refractivity contribution >= 4 is 58.2 Å². The van der Waals surface area contributed by atoms with Gasteiger partial charge in [0.1, 0.15) is 0 Å². The summed E-state index contributed by atoms with van der Waals surface area (Å²) in [5, 5.41) is 2.18. The molecule has 0 bridgehead atoms. The van der Waals surface area contributed by atoms with Crippen LogP contribution in [0.2, 0.25) is 20.1 Å². The highest BCUT2D eigenvalue weighted by molar-refractivity contribution is 7.99. The van der Waals surface area contributed by atoms with Gasteiger partial charge in [-0.05, 0) is 58.7 Å². The monoisotopic (exact) mass is 474 g/mol. The Balaban J connectivity index is 1.76. The quantitative estimate of drug-likeness (QED) is 0.283. The van der Waals surface area contributed by atoms with Gasteiger partial charge >= 0.3 is 0 Å². The Labute approximate surface area is 194 Å². The van der Waals surface area contributed by atoms with Crippen LogP contribution in [0.15, 0.2) is 94.7 Å². The summed E-state index contributed by atoms with van der Waals surface area (Å²) in [6, 6.07) is 27.9. The van der Waals surface area contributed by atoms with Gasteiger partial charge in [-0.25, -0.2) is 0 Å². The molecule has 29 heavy (non-hydrogen) atoms. The summed E-state index contributed by atoms with van der Waals surface area (Å²) >= 11 is 26.4. The van der Waals surface area contributed by atoms with Gasteiger partial charge in [0.25, 0.3) is 0 Å². The predicted molar refractivity (Wildman–Crippen MR) is 128 cm³/mol. The van der Waals surface area contributed by atoms with Crippen molar-refractivity contribution in [2.45, 2.75) is 9.79 Å². The van der Waals surface area contributed by atoms with Crippen molar-refractivity contribution in [2.75, 3.05) is 0 Å². The summed E-state index contributed by atoms with van der Waals surface area (Å²) < 4.78 is 0. The number of halogens is 4. The highest BCUT2D eigenvalue weighted by Crippen LogP contribution is 2.42. The molecule has 0 spiro atoms. The number of benzene rings is 4. The van der Waals surface area contributed by atoms with Crippen molar-refractivity contribution in [3.05, 3.63) is 105 Å². The van der Waals surface area contributed by atoms with E-state index in [4.69, 9.17) is 46.4 Å². The molecule has 4 aromatic rings. The molecule has 0 aliphatic carbocycles. The summed E-state index contributed by atoms with van der Waals surface area (Å²) in [4.78, 5) is 2.25. The van der Waals surface area contributed by atoms with Crippen LogP contribution in [0.4, 0.5) is 0 Å². The summed E-state index contributed by atoms with van der Waals surface area (Å²) in [5.74, 6) is 0. The van der Waals surface area contributed by atoms with Crippen LogP contribution in [-0.2, 0) is 0 Å². The molecular weight excluding hydrogens is 462 g/mol. The largest absolute Gasteiger partial charge is 0.0888 e. The lowest BCUT2D eigenvalue weighted by Crippen LogP contribution is -1.86. The molecule has 0 N–H and O–H groups in total. The molecule has 0 unspecified atom stereocenters. The van der Waals surface area contributed by atoms with E-state index in [1.54, 1.807) is 11.8 Å². The van der Waals surface area contributed by atoms with Crippen LogP contribution in [0.25, 0.3) is 22.3 Å². The molecule has 144 valence electrons. The van der Waals surface area contributed by atoms with Crippen molar-refractivity contribution in [1.82, 2.24) is 0 Å². The van der Waals surface area contributed by atoms with E-state index in [1.807, 2.05) is 60.7 Å². The van der Waals surface area contributed by atoms with Crippen molar-refractivity contribution in [1.29, 1.82) is 0 Å². The molecule has 0 saturated carbocycles. The molecule has 4 aromatic carbocycles. The number of hydrogen-bond donors (Lipinski definition) is 0. The predicted octanol–water partition coefficient (Wildman–Crippen LogP) is 9.79. The molecule has 0 aliphatic heterocycles. The third kappa shape index (κ3) is 4.60. The Kier molecular flexibility index (Phi) is 6.44. The average molecular weight is 476 g/mol. The fourth-order valence-electron chi connectivity index (χ4n) is 3.03. The second-order valence-electron chi connectivity index (χ2n) is 6.35. The van der Waals surface area contributed by atoms with E-state index in [0.29, 0.717) is 20.1 Å². The first-order valence-corrected chi connectivity index (χ1v) is 11.1. The van der Waals surface area contributed by atoms with E-state index in [0.717, 1.165) is 32.0 Å². The normalized spacial score (nSPS) is 10.9. The van der Waals surface area contributed by atoms with Crippen LogP contribution >= 0.6 is 58.2 Å². The van der Waals surface area contributed by atoms with E-state index in [2.05, 4.69) is 24.3 Å². The van der Waals surface area contributed by atoms with Gasteiger partial charge in [-0.3, -0.25) is 0 Å². The fourth-order valence-corrected chi connectivity index (χ4v) is 4.75. The maximum absolute atomic E-state index is 6.25. The van der Waals surface area contributed by atoms with Crippen molar-refractivity contribution in [3.63, 3.8) is 0 Å². The Morgan fingerprint density at radius 3 is 1.28 bits per heavy atom. The lowest BCUT2D eigenvalue weighted by Gasteiger charge is -2.14. The van der Waals surface area contributed by atoms with Gasteiger partial charge in [-0.1, -0.05) is 107 Å². The minimum absolute atomic E-state index is 0.542. The van der Waals surface area contributed by atoms with Gasteiger partial charge in [-0.2, -0.15) is 0 Å². The third-order valence-corrected chi connectivity index (χ3v) is 7.09. The van der Waals surface area contributed by atoms with Crippen LogP contribution < -0.4 is 0 Å². The Bertz CT molecular complexity index is 1090. The van der Waals surface area contributed by atoms with Crippen molar-refractivity contribution in [2.24, 2.45) is 0 Å². The van der Waals surface area contributed by atoms with Gasteiger partial charge in [0.2, 0.25) is 0 Å². The fraction of sp³-hybridized carbons (Fsp3) is 0. The molecule has 5 heteroatoms. The summed E-state index contributed by atoms with van der Waals surface area (Å²) in [7, 11) is 0. The lowest BCUT2D eigenvalue weighted by atomic mass is 10.1. The molecule has 0 fully saturated rings. The minimum atomic E-state index is 0.542. The van der Waals surface area contributed by atoms with Crippen LogP contribution in [0.3, 0.4) is 0 Å². The van der Waals surface area contributed by atoms with Crippen LogP contribution in [0.5, 0.6) is 0 Å². The summed E-state index contributed by atoms with van der Waals surface area (Å²) in [6.45, 7) is 0. The van der Waals surface area contributed by atoms with Gasteiger partial charge in [0, 0.05) is 9.79 Å². The molecule has 0 nitrogen and oxygen atoms in total. The molecular formula is C24H14Cl4S. The van der Waals surface area contributed by atoms with Crippen molar-refractivity contribution in [3.8, 4) is 22.3 Å². The molecule has 0 aromatic heterocycles. The van der Waals surface area contributed by atoms with Gasteiger partial charge < -0.3 is 0 Å².